The molecular formula is C45H70N12O11S3. The van der Waals surface area contributed by atoms with E-state index in [2.05, 4.69) is 53.2 Å². The molecule has 71 heavy (non-hydrogen) atoms. The van der Waals surface area contributed by atoms with Crippen LogP contribution < -0.4 is 58.9 Å². The van der Waals surface area contributed by atoms with Crippen molar-refractivity contribution in [1.29, 1.82) is 5.41 Å². The molecule has 26 heteroatoms. The molecule has 394 valence electrons. The second kappa shape index (κ2) is 32.4. The number of benzene rings is 1. The number of hydrogen-bond acceptors (Lipinski definition) is 15. The minimum atomic E-state index is -1.75. The van der Waals surface area contributed by atoms with Gasteiger partial charge < -0.3 is 64.0 Å². The maximum absolute atomic E-state index is 14.4. The van der Waals surface area contributed by atoms with E-state index in [1.807, 2.05) is 6.92 Å². The van der Waals surface area contributed by atoms with Crippen LogP contribution >= 0.6 is 33.3 Å². The van der Waals surface area contributed by atoms with Crippen molar-refractivity contribution in [2.75, 3.05) is 49.2 Å². The van der Waals surface area contributed by atoms with Crippen LogP contribution in [0.1, 0.15) is 77.7 Å². The number of unbranched alkanes of at least 4 members (excludes halogenated alkanes) is 1. The number of guanidine groups is 1. The average Bonchev–Trinajstić information content (AvgIpc) is 3.32. The van der Waals surface area contributed by atoms with Gasteiger partial charge in [-0.15, -0.1) is 0 Å². The molecule has 0 spiro atoms. The maximum Gasteiger partial charge on any atom is 0.305 e. The lowest BCUT2D eigenvalue weighted by atomic mass is 10.0. The van der Waals surface area contributed by atoms with Gasteiger partial charge in [-0.1, -0.05) is 72.7 Å². The molecule has 7 atom stereocenters. The Hall–Kier alpha value is -5.60. The lowest BCUT2D eigenvalue weighted by molar-refractivity contribution is -0.141. The lowest BCUT2D eigenvalue weighted by Crippen LogP contribution is -2.59. The highest BCUT2D eigenvalue weighted by atomic mass is 33.1. The third-order valence-corrected chi connectivity index (χ3v) is 14.6. The number of aliphatic carboxylic acids is 1. The second-order valence-corrected chi connectivity index (χ2v) is 20.9. The molecule has 0 aliphatic carbocycles. The van der Waals surface area contributed by atoms with Crippen molar-refractivity contribution in [3.8, 4) is 0 Å². The predicted octanol–water partition coefficient (Wildman–Crippen LogP) is -1.60. The molecule has 0 radical (unpaired) electrons. The number of hydrogen-bond donors (Lipinski definition) is 13. The van der Waals surface area contributed by atoms with E-state index in [0.29, 0.717) is 37.1 Å². The smallest absolute Gasteiger partial charge is 0.305 e. The normalized spacial score (nSPS) is 24.3. The molecule has 2 bridgehead atoms. The number of carboxylic acid groups (broad SMARTS) is 1. The van der Waals surface area contributed by atoms with Crippen LogP contribution in [0.2, 0.25) is 0 Å². The van der Waals surface area contributed by atoms with Crippen LogP contribution in [0, 0.1) is 11.3 Å². The minimum absolute atomic E-state index is 0.0208. The molecule has 14 N–H and O–H groups in total. The minimum Gasteiger partial charge on any atom is -0.481 e. The molecule has 3 rings (SSSR count). The molecule has 1 aromatic carbocycles. The van der Waals surface area contributed by atoms with E-state index >= 15 is 0 Å². The lowest BCUT2D eigenvalue weighted by Gasteiger charge is -2.27. The first-order chi connectivity index (χ1) is 33.9. The van der Waals surface area contributed by atoms with Gasteiger partial charge in [-0.05, 0) is 62.9 Å². The maximum atomic E-state index is 14.4. The number of carboxylic acids is 1. The molecule has 2 aliphatic heterocycles. The Labute approximate surface area is 425 Å². The Morgan fingerprint density at radius 3 is 1.93 bits per heavy atom. The first kappa shape index (κ1) is 59.7. The summed E-state index contributed by atoms with van der Waals surface area (Å²) in [5, 5.41) is 44.0. The molecular weight excluding hydrogens is 981 g/mol. The Morgan fingerprint density at radius 1 is 0.718 bits per heavy atom. The van der Waals surface area contributed by atoms with Gasteiger partial charge in [-0.25, -0.2) is 0 Å². The highest BCUT2D eigenvalue weighted by molar-refractivity contribution is 8.76. The fourth-order valence-electron chi connectivity index (χ4n) is 7.18. The van der Waals surface area contributed by atoms with Crippen LogP contribution in [-0.4, -0.2) is 162 Å². The van der Waals surface area contributed by atoms with Gasteiger partial charge in [0.1, 0.15) is 36.3 Å². The summed E-state index contributed by atoms with van der Waals surface area (Å²) in [5.41, 5.74) is 6.06. The number of nitrogens with one attached hydrogen (secondary N) is 11. The molecule has 2 heterocycles. The van der Waals surface area contributed by atoms with Crippen LogP contribution in [0.15, 0.2) is 30.3 Å². The van der Waals surface area contributed by atoms with Crippen LogP contribution in [0.3, 0.4) is 0 Å². The van der Waals surface area contributed by atoms with Crippen molar-refractivity contribution < 1.29 is 53.1 Å². The first-order valence-electron chi connectivity index (χ1n) is 23.7. The van der Waals surface area contributed by atoms with Gasteiger partial charge in [-0.3, -0.25) is 53.4 Å². The fraction of sp³-hybridized carbons (Fsp3) is 0.622. The SMILES string of the molecule is CCNCCCC[C@@H]1NC(=O)CCCSC[C@@H](C(=O)C(C)C)NC(=O)[C@H](Cc2ccccc2)NC(=O)[C@@H]2CSSC[C@H](NC1=O)C(=O)N[C@@H](CCCNC(=N)N)C(=O)NCC(=O)N[C@@H](CC(=O)O)C(=O)N2. The summed E-state index contributed by atoms with van der Waals surface area (Å²) in [6, 6.07) is -0.572. The third-order valence-electron chi connectivity index (χ3n) is 11.0. The molecule has 0 unspecified atom stereocenters. The van der Waals surface area contributed by atoms with E-state index in [9.17, 15) is 53.1 Å². The van der Waals surface area contributed by atoms with Gasteiger partial charge in [-0.2, -0.15) is 11.8 Å². The first-order valence-corrected chi connectivity index (χ1v) is 27.3. The number of nitrogens with two attached hydrogens (primary N) is 1. The second-order valence-electron chi connectivity index (χ2n) is 17.2. The van der Waals surface area contributed by atoms with Gasteiger partial charge >= 0.3 is 5.97 Å². The zero-order valence-electron chi connectivity index (χ0n) is 40.4. The van der Waals surface area contributed by atoms with E-state index in [0.717, 1.165) is 28.1 Å². The summed E-state index contributed by atoms with van der Waals surface area (Å²) >= 11 is 1.33. The highest BCUT2D eigenvalue weighted by Gasteiger charge is 2.35. The van der Waals surface area contributed by atoms with Crippen LogP contribution in [0.25, 0.3) is 0 Å². The summed E-state index contributed by atoms with van der Waals surface area (Å²) in [5.74, 6) is -8.88. The monoisotopic (exact) mass is 1050 g/mol. The van der Waals surface area contributed by atoms with E-state index < -0.39 is 114 Å². The molecule has 2 aliphatic rings. The standard InChI is InChI=1S/C45H70N12O11S3/c1-4-48-17-9-8-14-29-40(64)56-33-24-70-71-25-34(57-42(66)31(21-37(60)61)52-36(59)22-50-39(63)28(53-43(33)67)15-10-18-49-45(46)47)44(68)54-30(20-27-12-6-5-7-13-27)41(65)55-32(38(62)26(2)3)23-69-19-11-16-35(58)51-29/h5-7,12-13,26,28-34,48H,4,8-11,14-25H2,1-3H3,(H,50,63)(H,51,58)(H,52,59)(H,53,67)(H,54,68)(H,55,65)(H,56,64)(H,57,66)(H,60,61)(H4,46,47,49)/t28-,29-,30-,31-,32-,33-,34-/m0/s1. The van der Waals surface area contributed by atoms with Gasteiger partial charge in [0.15, 0.2) is 11.7 Å². The molecule has 1 aromatic rings. The van der Waals surface area contributed by atoms with Crippen molar-refractivity contribution in [2.45, 2.75) is 121 Å². The molecule has 23 nitrogen and oxygen atoms in total. The van der Waals surface area contributed by atoms with Crippen LogP contribution in [0.4, 0.5) is 0 Å². The summed E-state index contributed by atoms with van der Waals surface area (Å²) in [6.07, 6.45) is 0.972. The van der Waals surface area contributed by atoms with Crippen molar-refractivity contribution in [2.24, 2.45) is 11.7 Å². The van der Waals surface area contributed by atoms with Crippen LogP contribution in [0.5, 0.6) is 0 Å². The Kier molecular flexibility index (Phi) is 27.2. The van der Waals surface area contributed by atoms with Crippen molar-refractivity contribution in [3.63, 3.8) is 0 Å². The Morgan fingerprint density at radius 2 is 1.31 bits per heavy atom. The molecule has 0 aromatic heterocycles. The summed E-state index contributed by atoms with van der Waals surface area (Å²) in [6.45, 7) is 6.10. The van der Waals surface area contributed by atoms with Gasteiger partial charge in [0.05, 0.1) is 19.0 Å². The number of carbonyl (C=O) groups excluding carboxylic acids is 9. The number of fused-ring (bicyclic) bond motifs is 5. The Balaban J connectivity index is 2.14. The van der Waals surface area contributed by atoms with E-state index in [4.69, 9.17) is 11.1 Å². The number of rotatable bonds is 16. The largest absolute Gasteiger partial charge is 0.481 e. The fourth-order valence-corrected chi connectivity index (χ4v) is 10.5. The quantitative estimate of drug-likeness (QED) is 0.0384. The number of ketones is 1. The third kappa shape index (κ3) is 23.0. The van der Waals surface area contributed by atoms with E-state index in [-0.39, 0.29) is 67.7 Å². The van der Waals surface area contributed by atoms with Crippen LogP contribution in [-0.2, 0) is 54.4 Å². The van der Waals surface area contributed by atoms with Crippen molar-refractivity contribution in [3.05, 3.63) is 35.9 Å². The van der Waals surface area contributed by atoms with E-state index in [1.54, 1.807) is 44.2 Å². The average molecular weight is 1050 g/mol. The Bertz CT molecular complexity index is 2000. The zero-order valence-corrected chi connectivity index (χ0v) is 42.8. The topological polar surface area (TPSA) is 361 Å². The molecule has 2 saturated heterocycles. The van der Waals surface area contributed by atoms with E-state index in [1.165, 1.54) is 11.8 Å². The number of carbonyl (C=O) groups is 10. The van der Waals surface area contributed by atoms with Gasteiger partial charge in [0.25, 0.3) is 0 Å². The predicted molar refractivity (Wildman–Crippen MR) is 272 cm³/mol. The number of Topliss-reactive ketones (excluding diaryl/α,β-unsaturated/α-hetero) is 1. The van der Waals surface area contributed by atoms with Gasteiger partial charge in [0.2, 0.25) is 47.3 Å². The van der Waals surface area contributed by atoms with Crippen molar-refractivity contribution in [1.82, 2.24) is 53.2 Å². The van der Waals surface area contributed by atoms with Crippen molar-refractivity contribution >= 4 is 98.3 Å². The summed E-state index contributed by atoms with van der Waals surface area (Å²) < 4.78 is 0. The molecule has 0 saturated carbocycles. The number of thioether (sulfide) groups is 1. The zero-order chi connectivity index (χ0) is 52.3. The summed E-state index contributed by atoms with van der Waals surface area (Å²) in [4.78, 5) is 137. The highest BCUT2D eigenvalue weighted by Crippen LogP contribution is 2.24. The number of amides is 8. The van der Waals surface area contributed by atoms with Gasteiger partial charge in [0, 0.05) is 42.6 Å². The molecule has 2 fully saturated rings. The molecule has 8 amide bonds. The summed E-state index contributed by atoms with van der Waals surface area (Å²) in [7, 11) is 1.98.